The molecule has 1 aliphatic carbocycles. The van der Waals surface area contributed by atoms with E-state index in [1.807, 2.05) is 12.2 Å². The lowest BCUT2D eigenvalue weighted by Crippen LogP contribution is -2.18. The molecule has 24 heavy (non-hydrogen) atoms. The quantitative estimate of drug-likeness (QED) is 0.673. The van der Waals surface area contributed by atoms with Gasteiger partial charge in [0.05, 0.1) is 0 Å². The molecule has 1 fully saturated rings. The predicted molar refractivity (Wildman–Crippen MR) is 92.2 cm³/mol. The number of hydrogen-bond donors (Lipinski definition) is 0. The topological polar surface area (TPSA) is 17.1 Å². The van der Waals surface area contributed by atoms with Gasteiger partial charge in [0.25, 0.3) is 0 Å². The maximum absolute atomic E-state index is 13.0. The van der Waals surface area contributed by atoms with E-state index in [0.717, 1.165) is 22.3 Å². The van der Waals surface area contributed by atoms with Gasteiger partial charge in [0.1, 0.15) is 11.6 Å². The van der Waals surface area contributed by atoms with Crippen LogP contribution < -0.4 is 0 Å². The van der Waals surface area contributed by atoms with Crippen molar-refractivity contribution in [1.29, 1.82) is 0 Å². The van der Waals surface area contributed by atoms with Crippen LogP contribution in [0, 0.1) is 17.6 Å². The normalized spacial score (nSPS) is 21.5. The van der Waals surface area contributed by atoms with Crippen molar-refractivity contribution >= 4 is 17.9 Å². The monoisotopic (exact) mass is 324 g/mol. The summed E-state index contributed by atoms with van der Waals surface area (Å²) in [6.07, 6.45) is 5.07. The molecule has 0 saturated heterocycles. The molecular formula is C21H18F2O. The van der Waals surface area contributed by atoms with Gasteiger partial charge in [-0.2, -0.15) is 0 Å². The first-order chi connectivity index (χ1) is 11.5. The summed E-state index contributed by atoms with van der Waals surface area (Å²) in [6.45, 7) is 2.10. The Bertz CT molecular complexity index is 731. The Balaban J connectivity index is 1.90. The summed E-state index contributed by atoms with van der Waals surface area (Å²) in [5.74, 6) is -0.224. The Hall–Kier alpha value is -2.55. The minimum Gasteiger partial charge on any atom is -0.289 e. The summed E-state index contributed by atoms with van der Waals surface area (Å²) < 4.78 is 26.0. The lowest BCUT2D eigenvalue weighted by molar-refractivity contribution is -0.113. The Labute approximate surface area is 140 Å². The minimum atomic E-state index is -0.294. The first-order valence-corrected chi connectivity index (χ1v) is 7.98. The number of halogens is 2. The molecule has 0 bridgehead atoms. The second kappa shape index (κ2) is 6.91. The molecule has 1 saturated carbocycles. The summed E-state index contributed by atoms with van der Waals surface area (Å²) in [6, 6.07) is 12.2. The Morgan fingerprint density at radius 3 is 1.54 bits per heavy atom. The van der Waals surface area contributed by atoms with E-state index in [9.17, 15) is 13.6 Å². The number of carbonyl (C=O) groups excluding carboxylic acids is 1. The number of carbonyl (C=O) groups is 1. The molecule has 0 aliphatic heterocycles. The fraction of sp³-hybridized carbons (Fsp3) is 0.190. The fourth-order valence-electron chi connectivity index (χ4n) is 2.98. The van der Waals surface area contributed by atoms with Gasteiger partial charge in [-0.3, -0.25) is 4.79 Å². The van der Waals surface area contributed by atoms with Crippen LogP contribution in [0.25, 0.3) is 12.2 Å². The van der Waals surface area contributed by atoms with Crippen LogP contribution in [-0.4, -0.2) is 5.78 Å². The molecule has 0 amide bonds. The van der Waals surface area contributed by atoms with Crippen molar-refractivity contribution in [2.24, 2.45) is 5.92 Å². The van der Waals surface area contributed by atoms with Gasteiger partial charge in [-0.25, -0.2) is 8.78 Å². The molecule has 1 atom stereocenters. The summed E-state index contributed by atoms with van der Waals surface area (Å²) >= 11 is 0. The van der Waals surface area contributed by atoms with Crippen LogP contribution in [0.15, 0.2) is 59.7 Å². The van der Waals surface area contributed by atoms with Gasteiger partial charge in [0.15, 0.2) is 5.78 Å². The largest absolute Gasteiger partial charge is 0.289 e. The van der Waals surface area contributed by atoms with Crippen molar-refractivity contribution in [3.8, 4) is 0 Å². The van der Waals surface area contributed by atoms with Gasteiger partial charge in [-0.1, -0.05) is 31.2 Å². The molecule has 0 radical (unpaired) electrons. The van der Waals surface area contributed by atoms with Crippen molar-refractivity contribution in [2.75, 3.05) is 0 Å². The Kier molecular flexibility index (Phi) is 4.70. The van der Waals surface area contributed by atoms with Crippen LogP contribution >= 0.6 is 0 Å². The van der Waals surface area contributed by atoms with E-state index < -0.39 is 0 Å². The van der Waals surface area contributed by atoms with Gasteiger partial charge in [0.2, 0.25) is 0 Å². The van der Waals surface area contributed by atoms with Crippen LogP contribution in [0.3, 0.4) is 0 Å². The van der Waals surface area contributed by atoms with Gasteiger partial charge in [-0.15, -0.1) is 0 Å². The summed E-state index contributed by atoms with van der Waals surface area (Å²) in [5, 5.41) is 0. The summed E-state index contributed by atoms with van der Waals surface area (Å²) in [5.41, 5.74) is 3.09. The first kappa shape index (κ1) is 16.3. The zero-order chi connectivity index (χ0) is 17.1. The van der Waals surface area contributed by atoms with E-state index in [-0.39, 0.29) is 17.4 Å². The third-order valence-corrected chi connectivity index (χ3v) is 4.14. The molecule has 0 aromatic heterocycles. The standard InChI is InChI=1S/C21H18F2O/c1-14-10-17(12-15-2-6-19(22)7-3-15)21(24)18(11-14)13-16-4-8-20(23)9-5-16/h2-9,12-14H,10-11H2,1H3/b17-12-,18-13+. The van der Waals surface area contributed by atoms with Crippen LogP contribution in [0.5, 0.6) is 0 Å². The maximum atomic E-state index is 13.0. The predicted octanol–water partition coefficient (Wildman–Crippen LogP) is 5.43. The van der Waals surface area contributed by atoms with Gasteiger partial charge in [-0.05, 0) is 66.3 Å². The second-order valence-electron chi connectivity index (χ2n) is 6.28. The van der Waals surface area contributed by atoms with Crippen molar-refractivity contribution in [3.63, 3.8) is 0 Å². The van der Waals surface area contributed by atoms with Gasteiger partial charge >= 0.3 is 0 Å². The molecule has 0 heterocycles. The van der Waals surface area contributed by atoms with Crippen molar-refractivity contribution in [2.45, 2.75) is 19.8 Å². The zero-order valence-corrected chi connectivity index (χ0v) is 13.4. The van der Waals surface area contributed by atoms with E-state index in [0.29, 0.717) is 18.8 Å². The third kappa shape index (κ3) is 3.85. The maximum Gasteiger partial charge on any atom is 0.185 e. The lowest BCUT2D eigenvalue weighted by atomic mass is 9.81. The van der Waals surface area contributed by atoms with Crippen molar-refractivity contribution < 1.29 is 13.6 Å². The highest BCUT2D eigenvalue weighted by atomic mass is 19.1. The SMILES string of the molecule is CC1C/C(=C/c2ccc(F)cc2)C(=O)/C(=C/c2ccc(F)cc2)C1. The minimum absolute atomic E-state index is 0.0155. The first-order valence-electron chi connectivity index (χ1n) is 7.98. The lowest BCUT2D eigenvalue weighted by Gasteiger charge is -2.22. The third-order valence-electron chi connectivity index (χ3n) is 4.14. The average molecular weight is 324 g/mol. The number of ketones is 1. The van der Waals surface area contributed by atoms with Crippen molar-refractivity contribution in [3.05, 3.63) is 82.4 Å². The molecule has 2 aromatic carbocycles. The highest BCUT2D eigenvalue weighted by Crippen LogP contribution is 2.32. The Morgan fingerprint density at radius 1 is 0.792 bits per heavy atom. The van der Waals surface area contributed by atoms with E-state index in [1.165, 1.54) is 24.3 Å². The summed E-state index contributed by atoms with van der Waals surface area (Å²) in [7, 11) is 0. The van der Waals surface area contributed by atoms with Gasteiger partial charge < -0.3 is 0 Å². The Morgan fingerprint density at radius 2 is 1.17 bits per heavy atom. The van der Waals surface area contributed by atoms with Crippen LogP contribution in [0.2, 0.25) is 0 Å². The van der Waals surface area contributed by atoms with E-state index in [1.54, 1.807) is 24.3 Å². The molecule has 1 aliphatic rings. The highest BCUT2D eigenvalue weighted by molar-refractivity contribution is 6.14. The van der Waals surface area contributed by atoms with Crippen LogP contribution in [0.1, 0.15) is 30.9 Å². The van der Waals surface area contributed by atoms with E-state index in [4.69, 9.17) is 0 Å². The summed E-state index contributed by atoms with van der Waals surface area (Å²) in [4.78, 5) is 12.7. The van der Waals surface area contributed by atoms with Crippen LogP contribution in [-0.2, 0) is 4.79 Å². The molecule has 3 heteroatoms. The van der Waals surface area contributed by atoms with E-state index >= 15 is 0 Å². The van der Waals surface area contributed by atoms with Gasteiger partial charge in [0, 0.05) is 11.1 Å². The number of Topliss-reactive ketones (excluding diaryl/α,β-unsaturated/α-hetero) is 1. The average Bonchev–Trinajstić information content (AvgIpc) is 2.56. The molecule has 1 nitrogen and oxygen atoms in total. The smallest absolute Gasteiger partial charge is 0.185 e. The number of hydrogen-bond acceptors (Lipinski definition) is 1. The second-order valence-corrected chi connectivity index (χ2v) is 6.28. The molecule has 2 aromatic rings. The highest BCUT2D eigenvalue weighted by Gasteiger charge is 2.25. The molecule has 3 rings (SSSR count). The van der Waals surface area contributed by atoms with Crippen molar-refractivity contribution in [1.82, 2.24) is 0 Å². The molecule has 0 N–H and O–H groups in total. The molecule has 122 valence electrons. The number of benzene rings is 2. The molecule has 1 unspecified atom stereocenters. The molecular weight excluding hydrogens is 306 g/mol. The fourth-order valence-corrected chi connectivity index (χ4v) is 2.98. The van der Waals surface area contributed by atoms with Crippen LogP contribution in [0.4, 0.5) is 8.78 Å². The number of rotatable bonds is 2. The number of allylic oxidation sites excluding steroid dienone is 2. The zero-order valence-electron chi connectivity index (χ0n) is 13.4. The van der Waals surface area contributed by atoms with E-state index in [2.05, 4.69) is 6.92 Å². The molecule has 0 spiro atoms.